The van der Waals surface area contributed by atoms with Crippen LogP contribution in [0.3, 0.4) is 0 Å². The minimum Gasteiger partial charge on any atom is -0.464 e. The first-order valence-electron chi connectivity index (χ1n) is 7.76. The normalized spacial score (nSPS) is 29.5. The lowest BCUT2D eigenvalue weighted by Crippen LogP contribution is -2.44. The molecule has 1 aromatic heterocycles. The Morgan fingerprint density at radius 3 is 3.00 bits per heavy atom. The van der Waals surface area contributed by atoms with Gasteiger partial charge in [0.25, 0.3) is 0 Å². The molecular formula is C15H23FN4O2. The number of ether oxygens (including phenoxy) is 1. The SMILES string of the molecule is CN(C[C@@H]1C[C@H](F)CN1Cc1ccnn1C)[C@@H]1CCOC1=O. The number of likely N-dealkylation sites (N-methyl/N-ethyl adjacent to an activating group) is 1. The summed E-state index contributed by atoms with van der Waals surface area (Å²) in [6.45, 7) is 2.30. The molecule has 6 nitrogen and oxygen atoms in total. The maximum atomic E-state index is 13.9. The van der Waals surface area contributed by atoms with E-state index < -0.39 is 6.17 Å². The molecule has 0 radical (unpaired) electrons. The average Bonchev–Trinajstić information content (AvgIpc) is 3.14. The van der Waals surface area contributed by atoms with Crippen molar-refractivity contribution in [3.63, 3.8) is 0 Å². The van der Waals surface area contributed by atoms with Crippen molar-refractivity contribution in [2.75, 3.05) is 26.7 Å². The van der Waals surface area contributed by atoms with Gasteiger partial charge >= 0.3 is 5.97 Å². The molecule has 3 rings (SSSR count). The van der Waals surface area contributed by atoms with Crippen molar-refractivity contribution in [3.05, 3.63) is 18.0 Å². The highest BCUT2D eigenvalue weighted by Crippen LogP contribution is 2.24. The van der Waals surface area contributed by atoms with Gasteiger partial charge in [-0.1, -0.05) is 0 Å². The van der Waals surface area contributed by atoms with E-state index in [2.05, 4.69) is 10.00 Å². The molecule has 122 valence electrons. The van der Waals surface area contributed by atoms with E-state index in [4.69, 9.17) is 4.74 Å². The molecule has 0 saturated carbocycles. The third-order valence-corrected chi connectivity index (χ3v) is 4.70. The Hall–Kier alpha value is -1.47. The lowest BCUT2D eigenvalue weighted by molar-refractivity contribution is -0.142. The summed E-state index contributed by atoms with van der Waals surface area (Å²) in [7, 11) is 3.82. The largest absolute Gasteiger partial charge is 0.464 e. The fraction of sp³-hybridized carbons (Fsp3) is 0.733. The number of aryl methyl sites for hydroxylation is 1. The van der Waals surface area contributed by atoms with Crippen LogP contribution >= 0.6 is 0 Å². The number of nitrogens with zero attached hydrogens (tertiary/aromatic N) is 4. The molecule has 3 heterocycles. The Kier molecular flexibility index (Phi) is 4.44. The Morgan fingerprint density at radius 2 is 2.36 bits per heavy atom. The van der Waals surface area contributed by atoms with Gasteiger partial charge in [0.1, 0.15) is 12.2 Å². The zero-order chi connectivity index (χ0) is 15.7. The Bertz CT molecular complexity index is 535. The van der Waals surface area contributed by atoms with E-state index in [1.807, 2.05) is 29.7 Å². The second kappa shape index (κ2) is 6.34. The quantitative estimate of drug-likeness (QED) is 0.745. The molecule has 22 heavy (non-hydrogen) atoms. The monoisotopic (exact) mass is 310 g/mol. The van der Waals surface area contributed by atoms with Crippen molar-refractivity contribution in [1.29, 1.82) is 0 Å². The van der Waals surface area contributed by atoms with Gasteiger partial charge in [-0.25, -0.2) is 4.39 Å². The van der Waals surface area contributed by atoms with Crippen molar-refractivity contribution >= 4 is 5.97 Å². The number of hydrogen-bond acceptors (Lipinski definition) is 5. The van der Waals surface area contributed by atoms with Crippen LogP contribution in [0.2, 0.25) is 0 Å². The smallest absolute Gasteiger partial charge is 0.323 e. The molecule has 2 fully saturated rings. The summed E-state index contributed by atoms with van der Waals surface area (Å²) in [4.78, 5) is 15.8. The van der Waals surface area contributed by atoms with Gasteiger partial charge in [-0.3, -0.25) is 19.3 Å². The Labute approximate surface area is 129 Å². The number of carbonyl (C=O) groups is 1. The third-order valence-electron chi connectivity index (χ3n) is 4.70. The molecular weight excluding hydrogens is 287 g/mol. The van der Waals surface area contributed by atoms with Crippen LogP contribution in [-0.4, -0.2) is 70.5 Å². The first-order valence-corrected chi connectivity index (χ1v) is 7.76. The van der Waals surface area contributed by atoms with Crippen LogP contribution < -0.4 is 0 Å². The van der Waals surface area contributed by atoms with Crippen molar-refractivity contribution in [2.24, 2.45) is 7.05 Å². The summed E-state index contributed by atoms with van der Waals surface area (Å²) in [5.74, 6) is -0.157. The Balaban J connectivity index is 1.63. The first kappa shape index (κ1) is 15.4. The standard InChI is InChI=1S/C15H23FN4O2/c1-18(14-4-6-22-15(14)21)9-13-7-11(16)8-20(13)10-12-3-5-17-19(12)2/h3,5,11,13-14H,4,6-10H2,1-2H3/t11-,13-,14+/m0/s1. The highest BCUT2D eigenvalue weighted by atomic mass is 19.1. The molecule has 1 aromatic rings. The second-order valence-electron chi connectivity index (χ2n) is 6.27. The summed E-state index contributed by atoms with van der Waals surface area (Å²) >= 11 is 0. The summed E-state index contributed by atoms with van der Waals surface area (Å²) in [6.07, 6.45) is 2.20. The maximum Gasteiger partial charge on any atom is 0.323 e. The van der Waals surface area contributed by atoms with Crippen LogP contribution in [0.15, 0.2) is 12.3 Å². The van der Waals surface area contributed by atoms with Gasteiger partial charge in [-0.2, -0.15) is 5.10 Å². The number of rotatable bonds is 5. The first-order chi connectivity index (χ1) is 10.5. The minimum atomic E-state index is -0.804. The van der Waals surface area contributed by atoms with Crippen LogP contribution in [0, 0.1) is 0 Å². The molecule has 3 atom stereocenters. The van der Waals surface area contributed by atoms with Crippen LogP contribution in [0.5, 0.6) is 0 Å². The molecule has 0 unspecified atom stereocenters. The van der Waals surface area contributed by atoms with E-state index in [-0.39, 0.29) is 18.1 Å². The second-order valence-corrected chi connectivity index (χ2v) is 6.27. The predicted molar refractivity (Wildman–Crippen MR) is 78.9 cm³/mol. The van der Waals surface area contributed by atoms with Gasteiger partial charge in [0.05, 0.1) is 12.3 Å². The predicted octanol–water partition coefficient (Wildman–Crippen LogP) is 0.580. The van der Waals surface area contributed by atoms with Gasteiger partial charge in [-0.15, -0.1) is 0 Å². The number of halogens is 1. The van der Waals surface area contributed by atoms with Crippen molar-refractivity contribution < 1.29 is 13.9 Å². The lowest BCUT2D eigenvalue weighted by atomic mass is 10.1. The molecule has 7 heteroatoms. The summed E-state index contributed by atoms with van der Waals surface area (Å²) in [5, 5.41) is 4.16. The molecule has 0 aliphatic carbocycles. The molecule has 0 amide bonds. The van der Waals surface area contributed by atoms with E-state index in [0.717, 1.165) is 12.1 Å². The number of alkyl halides is 1. The molecule has 0 bridgehead atoms. The van der Waals surface area contributed by atoms with E-state index in [9.17, 15) is 9.18 Å². The van der Waals surface area contributed by atoms with Crippen LogP contribution in [-0.2, 0) is 23.1 Å². The van der Waals surface area contributed by atoms with Crippen LogP contribution in [0.25, 0.3) is 0 Å². The molecule has 2 aliphatic rings. The third kappa shape index (κ3) is 3.15. The molecule has 0 N–H and O–H groups in total. The number of cyclic esters (lactones) is 1. The summed E-state index contributed by atoms with van der Waals surface area (Å²) in [5.41, 5.74) is 1.07. The van der Waals surface area contributed by atoms with Crippen molar-refractivity contribution in [2.45, 2.75) is 37.6 Å². The number of esters is 1. The number of carbonyl (C=O) groups excluding carboxylic acids is 1. The molecule has 0 spiro atoms. The van der Waals surface area contributed by atoms with E-state index >= 15 is 0 Å². The highest BCUT2D eigenvalue weighted by molar-refractivity contribution is 5.77. The maximum absolute atomic E-state index is 13.9. The topological polar surface area (TPSA) is 50.6 Å². The van der Waals surface area contributed by atoms with Gasteiger partial charge in [-0.05, 0) is 19.5 Å². The van der Waals surface area contributed by atoms with Crippen molar-refractivity contribution in [1.82, 2.24) is 19.6 Å². The van der Waals surface area contributed by atoms with Gasteiger partial charge in [0, 0.05) is 45.3 Å². The van der Waals surface area contributed by atoms with E-state index in [0.29, 0.717) is 32.7 Å². The van der Waals surface area contributed by atoms with Gasteiger partial charge in [0.15, 0.2) is 0 Å². The summed E-state index contributed by atoms with van der Waals surface area (Å²) in [6, 6.07) is 1.89. The zero-order valence-electron chi connectivity index (χ0n) is 13.1. The average molecular weight is 310 g/mol. The highest BCUT2D eigenvalue weighted by Gasteiger charge is 2.37. The molecule has 2 saturated heterocycles. The van der Waals surface area contributed by atoms with Gasteiger partial charge in [0.2, 0.25) is 0 Å². The number of hydrogen-bond donors (Lipinski definition) is 0. The Morgan fingerprint density at radius 1 is 1.55 bits per heavy atom. The van der Waals surface area contributed by atoms with Gasteiger partial charge < -0.3 is 4.74 Å². The molecule has 0 aromatic carbocycles. The number of aromatic nitrogens is 2. The van der Waals surface area contributed by atoms with Crippen LogP contribution in [0.1, 0.15) is 18.5 Å². The zero-order valence-corrected chi connectivity index (χ0v) is 13.1. The minimum absolute atomic E-state index is 0.114. The fourth-order valence-electron chi connectivity index (χ4n) is 3.42. The van der Waals surface area contributed by atoms with Crippen molar-refractivity contribution in [3.8, 4) is 0 Å². The fourth-order valence-corrected chi connectivity index (χ4v) is 3.42. The lowest BCUT2D eigenvalue weighted by Gasteiger charge is -2.30. The van der Waals surface area contributed by atoms with E-state index in [1.54, 1.807) is 6.20 Å². The number of likely N-dealkylation sites (tertiary alicyclic amines) is 1. The summed E-state index contributed by atoms with van der Waals surface area (Å²) < 4.78 is 20.7. The van der Waals surface area contributed by atoms with Crippen LogP contribution in [0.4, 0.5) is 4.39 Å². The van der Waals surface area contributed by atoms with E-state index in [1.165, 1.54) is 0 Å². The molecule has 2 aliphatic heterocycles.